The summed E-state index contributed by atoms with van der Waals surface area (Å²) in [5, 5.41) is 1.29. The first-order chi connectivity index (χ1) is 4.67. The van der Waals surface area contributed by atoms with Gasteiger partial charge in [0.05, 0.1) is 6.54 Å². The van der Waals surface area contributed by atoms with E-state index in [1.54, 1.807) is 0 Å². The zero-order valence-corrected chi connectivity index (χ0v) is 5.87. The third kappa shape index (κ3) is 1.30. The zero-order chi connectivity index (χ0) is 7.61. The van der Waals surface area contributed by atoms with Crippen LogP contribution in [0.2, 0.25) is 0 Å². The molecule has 0 aromatic carbocycles. The molecule has 0 saturated heterocycles. The fraction of sp³-hybridized carbons (Fsp3) is 0.400. The molecule has 2 nitrogen and oxygen atoms in total. The maximum atomic E-state index is 12.5. The van der Waals surface area contributed by atoms with Gasteiger partial charge in [0.25, 0.3) is 0 Å². The van der Waals surface area contributed by atoms with E-state index >= 15 is 0 Å². The van der Waals surface area contributed by atoms with Crippen LogP contribution in [-0.2, 0) is 5.92 Å². The van der Waals surface area contributed by atoms with Gasteiger partial charge in [-0.05, 0) is 0 Å². The van der Waals surface area contributed by atoms with E-state index < -0.39 is 12.5 Å². The highest BCUT2D eigenvalue weighted by Crippen LogP contribution is 2.27. The van der Waals surface area contributed by atoms with Crippen LogP contribution in [0.25, 0.3) is 0 Å². The Balaban J connectivity index is 2.85. The molecule has 56 valence electrons. The normalized spacial score (nSPS) is 11.9. The Labute approximate surface area is 60.7 Å². The Morgan fingerprint density at radius 3 is 2.80 bits per heavy atom. The Hall–Kier alpha value is -0.550. The molecule has 0 aliphatic carbocycles. The highest BCUT2D eigenvalue weighted by Gasteiger charge is 2.32. The van der Waals surface area contributed by atoms with Gasteiger partial charge in [-0.1, -0.05) is 0 Å². The quantitative estimate of drug-likeness (QED) is 0.713. The van der Waals surface area contributed by atoms with Gasteiger partial charge in [-0.25, -0.2) is 4.98 Å². The van der Waals surface area contributed by atoms with Crippen LogP contribution in [0.1, 0.15) is 5.01 Å². The van der Waals surface area contributed by atoms with Crippen LogP contribution < -0.4 is 5.73 Å². The van der Waals surface area contributed by atoms with Crippen LogP contribution in [0.5, 0.6) is 0 Å². The van der Waals surface area contributed by atoms with Gasteiger partial charge < -0.3 is 5.73 Å². The lowest BCUT2D eigenvalue weighted by Crippen LogP contribution is -2.24. The van der Waals surface area contributed by atoms with Crippen molar-refractivity contribution in [1.29, 1.82) is 0 Å². The number of rotatable bonds is 2. The van der Waals surface area contributed by atoms with E-state index in [2.05, 4.69) is 4.98 Å². The van der Waals surface area contributed by atoms with Crippen molar-refractivity contribution in [2.45, 2.75) is 5.92 Å². The molecule has 0 amide bonds. The predicted octanol–water partition coefficient (Wildman–Crippen LogP) is 1.19. The molecule has 1 heterocycles. The molecule has 0 saturated carbocycles. The predicted molar refractivity (Wildman–Crippen MR) is 35.1 cm³/mol. The maximum absolute atomic E-state index is 12.5. The Morgan fingerprint density at radius 2 is 2.40 bits per heavy atom. The number of alkyl halides is 2. The molecule has 0 spiro atoms. The van der Waals surface area contributed by atoms with E-state index in [1.807, 2.05) is 0 Å². The van der Waals surface area contributed by atoms with E-state index in [4.69, 9.17) is 5.73 Å². The van der Waals surface area contributed by atoms with Crippen LogP contribution >= 0.6 is 11.3 Å². The molecule has 0 atom stereocenters. The van der Waals surface area contributed by atoms with Gasteiger partial charge in [0, 0.05) is 11.6 Å². The Morgan fingerprint density at radius 1 is 1.70 bits per heavy atom. The van der Waals surface area contributed by atoms with E-state index in [9.17, 15) is 8.78 Å². The van der Waals surface area contributed by atoms with Crippen molar-refractivity contribution in [2.24, 2.45) is 5.73 Å². The first kappa shape index (κ1) is 7.56. The van der Waals surface area contributed by atoms with Crippen molar-refractivity contribution in [1.82, 2.24) is 4.98 Å². The van der Waals surface area contributed by atoms with Crippen molar-refractivity contribution in [3.8, 4) is 0 Å². The van der Waals surface area contributed by atoms with Gasteiger partial charge in [-0.3, -0.25) is 0 Å². The summed E-state index contributed by atoms with van der Waals surface area (Å²) in [5.74, 6) is -2.95. The van der Waals surface area contributed by atoms with Crippen molar-refractivity contribution in [3.05, 3.63) is 16.6 Å². The second kappa shape index (κ2) is 2.59. The fourth-order valence-corrected chi connectivity index (χ4v) is 1.12. The maximum Gasteiger partial charge on any atom is 0.310 e. The summed E-state index contributed by atoms with van der Waals surface area (Å²) in [5.41, 5.74) is 4.81. The standard InChI is InChI=1S/C5H6F2N2S/c6-5(7,3-8)4-9-1-2-10-4/h1-2H,3,8H2. The van der Waals surface area contributed by atoms with Crippen molar-refractivity contribution < 1.29 is 8.78 Å². The highest BCUT2D eigenvalue weighted by molar-refractivity contribution is 7.09. The van der Waals surface area contributed by atoms with Gasteiger partial charge in [0.2, 0.25) is 0 Å². The molecular formula is C5H6F2N2S. The second-order valence-corrected chi connectivity index (χ2v) is 2.64. The van der Waals surface area contributed by atoms with Crippen molar-refractivity contribution in [2.75, 3.05) is 6.54 Å². The van der Waals surface area contributed by atoms with Crippen LogP contribution in [0, 0.1) is 0 Å². The number of hydrogen-bond donors (Lipinski definition) is 1. The van der Waals surface area contributed by atoms with E-state index in [0.29, 0.717) is 0 Å². The molecular weight excluding hydrogens is 158 g/mol. The molecule has 1 aromatic heterocycles. The van der Waals surface area contributed by atoms with E-state index in [0.717, 1.165) is 11.3 Å². The smallest absolute Gasteiger partial charge is 0.310 e. The lowest BCUT2D eigenvalue weighted by Gasteiger charge is -2.08. The molecule has 0 unspecified atom stereocenters. The molecule has 0 aliphatic heterocycles. The summed E-state index contributed by atoms with van der Waals surface area (Å²) in [6.07, 6.45) is 1.34. The van der Waals surface area contributed by atoms with Gasteiger partial charge >= 0.3 is 5.92 Å². The lowest BCUT2D eigenvalue weighted by molar-refractivity contribution is 0.00574. The van der Waals surface area contributed by atoms with Gasteiger partial charge in [0.1, 0.15) is 0 Å². The van der Waals surface area contributed by atoms with E-state index in [1.165, 1.54) is 11.6 Å². The van der Waals surface area contributed by atoms with Gasteiger partial charge in [0.15, 0.2) is 5.01 Å². The first-order valence-electron chi connectivity index (χ1n) is 2.64. The third-order valence-corrected chi connectivity index (χ3v) is 1.89. The Bertz CT molecular complexity index is 197. The summed E-state index contributed by atoms with van der Waals surface area (Å²) >= 11 is 0.913. The monoisotopic (exact) mass is 164 g/mol. The van der Waals surface area contributed by atoms with Gasteiger partial charge in [-0.15, -0.1) is 11.3 Å². The number of nitrogens with zero attached hydrogens (tertiary/aromatic N) is 1. The largest absolute Gasteiger partial charge is 0.325 e. The zero-order valence-electron chi connectivity index (χ0n) is 5.05. The molecule has 5 heteroatoms. The number of hydrogen-bond acceptors (Lipinski definition) is 3. The molecule has 0 fully saturated rings. The third-order valence-electron chi connectivity index (χ3n) is 1.00. The summed E-state index contributed by atoms with van der Waals surface area (Å²) in [6, 6.07) is 0. The van der Waals surface area contributed by atoms with Gasteiger partial charge in [-0.2, -0.15) is 8.78 Å². The average Bonchev–Trinajstić information content (AvgIpc) is 2.38. The molecule has 1 rings (SSSR count). The average molecular weight is 164 g/mol. The van der Waals surface area contributed by atoms with Crippen LogP contribution in [0.15, 0.2) is 11.6 Å². The molecule has 1 aromatic rings. The van der Waals surface area contributed by atoms with Crippen molar-refractivity contribution in [3.63, 3.8) is 0 Å². The lowest BCUT2D eigenvalue weighted by atomic mass is 10.4. The fourth-order valence-electron chi connectivity index (χ4n) is 0.491. The summed E-state index contributed by atoms with van der Waals surface area (Å²) < 4.78 is 25.1. The van der Waals surface area contributed by atoms with E-state index in [-0.39, 0.29) is 5.01 Å². The first-order valence-corrected chi connectivity index (χ1v) is 3.52. The van der Waals surface area contributed by atoms with Crippen LogP contribution in [0.4, 0.5) is 8.78 Å². The molecule has 0 bridgehead atoms. The number of thiazole rings is 1. The molecule has 0 aliphatic rings. The molecule has 0 radical (unpaired) electrons. The minimum absolute atomic E-state index is 0.213. The van der Waals surface area contributed by atoms with Crippen molar-refractivity contribution >= 4 is 11.3 Å². The number of aromatic nitrogens is 1. The minimum atomic E-state index is -2.95. The summed E-state index contributed by atoms with van der Waals surface area (Å²) in [7, 11) is 0. The Kier molecular flexibility index (Phi) is 1.96. The topological polar surface area (TPSA) is 38.9 Å². The number of nitrogens with two attached hydrogens (primary N) is 1. The highest BCUT2D eigenvalue weighted by atomic mass is 32.1. The van der Waals surface area contributed by atoms with Crippen LogP contribution in [-0.4, -0.2) is 11.5 Å². The van der Waals surface area contributed by atoms with Crippen LogP contribution in [0.3, 0.4) is 0 Å². The number of halogens is 2. The summed E-state index contributed by atoms with van der Waals surface area (Å²) in [4.78, 5) is 3.45. The molecule has 10 heavy (non-hydrogen) atoms. The molecule has 2 N–H and O–H groups in total. The minimum Gasteiger partial charge on any atom is -0.325 e. The SMILES string of the molecule is NCC(F)(F)c1nccs1. The summed E-state index contributed by atoms with van der Waals surface area (Å²) in [6.45, 7) is -0.680. The second-order valence-electron chi connectivity index (χ2n) is 1.75.